The molecule has 0 unspecified atom stereocenters. The maximum atomic E-state index is 9.11. The molecule has 1 aromatic heterocycles. The van der Waals surface area contributed by atoms with Crippen LogP contribution < -0.4 is 5.73 Å². The van der Waals surface area contributed by atoms with E-state index in [2.05, 4.69) is 0 Å². The van der Waals surface area contributed by atoms with Gasteiger partial charge in [0.1, 0.15) is 11.5 Å². The third-order valence-corrected chi connectivity index (χ3v) is 2.32. The van der Waals surface area contributed by atoms with Gasteiger partial charge in [0, 0.05) is 5.41 Å². The van der Waals surface area contributed by atoms with Gasteiger partial charge >= 0.3 is 0 Å². The van der Waals surface area contributed by atoms with Crippen molar-refractivity contribution < 1.29 is 9.52 Å². The molecule has 0 saturated carbocycles. The van der Waals surface area contributed by atoms with E-state index in [4.69, 9.17) is 15.3 Å². The number of aliphatic hydroxyl groups excluding tert-OH is 1. The number of hydrogen-bond donors (Lipinski definition) is 2. The zero-order valence-corrected chi connectivity index (χ0v) is 8.37. The van der Waals surface area contributed by atoms with Gasteiger partial charge in [-0.1, -0.05) is 13.8 Å². The first-order chi connectivity index (χ1) is 5.97. The molecule has 0 aliphatic rings. The summed E-state index contributed by atoms with van der Waals surface area (Å²) < 4.78 is 5.40. The number of aryl methyl sites for hydroxylation is 1. The molecule has 1 heterocycles. The maximum absolute atomic E-state index is 9.11. The average Bonchev–Trinajstić information content (AvgIpc) is 2.50. The van der Waals surface area contributed by atoms with Gasteiger partial charge < -0.3 is 15.3 Å². The molecule has 3 heteroatoms. The van der Waals surface area contributed by atoms with Crippen molar-refractivity contribution in [1.29, 1.82) is 0 Å². The van der Waals surface area contributed by atoms with Crippen LogP contribution in [0.25, 0.3) is 0 Å². The Labute approximate surface area is 78.5 Å². The van der Waals surface area contributed by atoms with Gasteiger partial charge in [-0.2, -0.15) is 0 Å². The molecule has 0 amide bonds. The van der Waals surface area contributed by atoms with E-state index in [1.807, 2.05) is 32.9 Å². The molecule has 0 radical (unpaired) electrons. The minimum absolute atomic E-state index is 0.0495. The first-order valence-corrected chi connectivity index (χ1v) is 4.40. The fraction of sp³-hybridized carbons (Fsp3) is 0.600. The molecule has 0 aliphatic carbocycles. The van der Waals surface area contributed by atoms with Crippen LogP contribution >= 0.6 is 0 Å². The van der Waals surface area contributed by atoms with E-state index in [1.165, 1.54) is 0 Å². The van der Waals surface area contributed by atoms with Crippen LogP contribution in [0.3, 0.4) is 0 Å². The molecule has 3 nitrogen and oxygen atoms in total. The molecule has 1 aromatic rings. The highest BCUT2D eigenvalue weighted by atomic mass is 16.3. The van der Waals surface area contributed by atoms with Crippen LogP contribution in [0.2, 0.25) is 0 Å². The van der Waals surface area contributed by atoms with Crippen LogP contribution in [0, 0.1) is 12.3 Å². The molecule has 0 bridgehead atoms. The van der Waals surface area contributed by atoms with E-state index in [0.717, 1.165) is 11.5 Å². The Balaban J connectivity index is 2.84. The quantitative estimate of drug-likeness (QED) is 0.748. The van der Waals surface area contributed by atoms with Gasteiger partial charge in [-0.15, -0.1) is 0 Å². The molecule has 0 aliphatic heterocycles. The average molecular weight is 183 g/mol. The second kappa shape index (κ2) is 3.52. The highest BCUT2D eigenvalue weighted by molar-refractivity contribution is 5.11. The van der Waals surface area contributed by atoms with Crippen molar-refractivity contribution in [2.24, 2.45) is 11.1 Å². The smallest absolute Gasteiger partial charge is 0.121 e. The van der Waals surface area contributed by atoms with Crippen LogP contribution in [0.5, 0.6) is 0 Å². The van der Waals surface area contributed by atoms with Crippen molar-refractivity contribution in [3.8, 4) is 0 Å². The molecule has 0 saturated heterocycles. The van der Waals surface area contributed by atoms with Gasteiger partial charge in [0.05, 0.1) is 12.6 Å². The fourth-order valence-electron chi connectivity index (χ4n) is 1.10. The number of furan rings is 1. The normalized spacial score (nSPS) is 14.5. The van der Waals surface area contributed by atoms with E-state index in [-0.39, 0.29) is 18.1 Å². The van der Waals surface area contributed by atoms with Gasteiger partial charge in [0.15, 0.2) is 0 Å². The Morgan fingerprint density at radius 1 is 1.54 bits per heavy atom. The fourth-order valence-corrected chi connectivity index (χ4v) is 1.10. The second-order valence-corrected chi connectivity index (χ2v) is 4.07. The summed E-state index contributed by atoms with van der Waals surface area (Å²) in [5.74, 6) is 1.58. The zero-order valence-electron chi connectivity index (χ0n) is 8.37. The molecule has 74 valence electrons. The lowest BCUT2D eigenvalue weighted by molar-refractivity contribution is 0.122. The van der Waals surface area contributed by atoms with Gasteiger partial charge in [-0.25, -0.2) is 0 Å². The lowest BCUT2D eigenvalue weighted by Gasteiger charge is -2.27. The van der Waals surface area contributed by atoms with Gasteiger partial charge in [0.2, 0.25) is 0 Å². The predicted molar refractivity (Wildman–Crippen MR) is 51.2 cm³/mol. The van der Waals surface area contributed by atoms with Crippen molar-refractivity contribution in [2.45, 2.75) is 26.8 Å². The number of hydrogen-bond acceptors (Lipinski definition) is 3. The molecule has 0 fully saturated rings. The summed E-state index contributed by atoms with van der Waals surface area (Å²) >= 11 is 0. The van der Waals surface area contributed by atoms with Crippen molar-refractivity contribution in [1.82, 2.24) is 0 Å². The van der Waals surface area contributed by atoms with E-state index >= 15 is 0 Å². The number of aliphatic hydroxyl groups is 1. The molecule has 0 spiro atoms. The Bertz CT molecular complexity index is 278. The minimum Gasteiger partial charge on any atom is -0.465 e. The van der Waals surface area contributed by atoms with Crippen LogP contribution in [0.4, 0.5) is 0 Å². The third kappa shape index (κ3) is 2.11. The molecule has 1 atom stereocenters. The van der Waals surface area contributed by atoms with E-state index in [9.17, 15) is 0 Å². The van der Waals surface area contributed by atoms with Crippen LogP contribution in [0.1, 0.15) is 31.4 Å². The van der Waals surface area contributed by atoms with Crippen molar-refractivity contribution in [2.75, 3.05) is 6.61 Å². The summed E-state index contributed by atoms with van der Waals surface area (Å²) in [7, 11) is 0. The van der Waals surface area contributed by atoms with Gasteiger partial charge in [-0.05, 0) is 19.1 Å². The summed E-state index contributed by atoms with van der Waals surface area (Å²) in [5.41, 5.74) is 5.60. The first kappa shape index (κ1) is 10.3. The molecular formula is C10H17NO2. The molecule has 0 aromatic carbocycles. The summed E-state index contributed by atoms with van der Waals surface area (Å²) in [4.78, 5) is 0. The van der Waals surface area contributed by atoms with E-state index in [0.29, 0.717) is 0 Å². The van der Waals surface area contributed by atoms with E-state index in [1.54, 1.807) is 0 Å². The van der Waals surface area contributed by atoms with Crippen molar-refractivity contribution >= 4 is 0 Å². The highest BCUT2D eigenvalue weighted by Gasteiger charge is 2.29. The minimum atomic E-state index is -0.343. The Hall–Kier alpha value is -0.800. The Morgan fingerprint density at radius 3 is 2.54 bits per heavy atom. The standard InChI is InChI=1S/C10H17NO2/c1-7-4-5-8(13-7)9(11)10(2,3)6-12/h4-5,9,12H,6,11H2,1-3H3/t9-/m0/s1. The summed E-state index contributed by atoms with van der Waals surface area (Å²) in [6, 6.07) is 3.48. The zero-order chi connectivity index (χ0) is 10.1. The monoisotopic (exact) mass is 183 g/mol. The van der Waals surface area contributed by atoms with Crippen LogP contribution in [0.15, 0.2) is 16.5 Å². The van der Waals surface area contributed by atoms with Gasteiger partial charge in [-0.3, -0.25) is 0 Å². The Morgan fingerprint density at radius 2 is 2.15 bits per heavy atom. The predicted octanol–water partition coefficient (Wildman–Crippen LogP) is 1.61. The number of rotatable bonds is 3. The summed E-state index contributed by atoms with van der Waals surface area (Å²) in [6.07, 6.45) is 0. The lowest BCUT2D eigenvalue weighted by Crippen LogP contribution is -2.32. The van der Waals surface area contributed by atoms with E-state index < -0.39 is 0 Å². The van der Waals surface area contributed by atoms with Crippen molar-refractivity contribution in [3.63, 3.8) is 0 Å². The van der Waals surface area contributed by atoms with Gasteiger partial charge in [0.25, 0.3) is 0 Å². The molecule has 1 rings (SSSR count). The number of nitrogens with two attached hydrogens (primary N) is 1. The highest BCUT2D eigenvalue weighted by Crippen LogP contribution is 2.31. The SMILES string of the molecule is Cc1ccc([C@H](N)C(C)(C)CO)o1. The maximum Gasteiger partial charge on any atom is 0.121 e. The lowest BCUT2D eigenvalue weighted by atomic mass is 9.84. The van der Waals surface area contributed by atoms with Crippen LogP contribution in [-0.2, 0) is 0 Å². The molecule has 3 N–H and O–H groups in total. The topological polar surface area (TPSA) is 59.4 Å². The third-order valence-electron chi connectivity index (χ3n) is 2.32. The molecular weight excluding hydrogens is 166 g/mol. The first-order valence-electron chi connectivity index (χ1n) is 4.40. The summed E-state index contributed by atoms with van der Waals surface area (Å²) in [6.45, 7) is 5.75. The Kier molecular flexibility index (Phi) is 2.78. The second-order valence-electron chi connectivity index (χ2n) is 4.07. The summed E-state index contributed by atoms with van der Waals surface area (Å²) in [5, 5.41) is 9.11. The van der Waals surface area contributed by atoms with Crippen LogP contribution in [-0.4, -0.2) is 11.7 Å². The van der Waals surface area contributed by atoms with Crippen molar-refractivity contribution in [3.05, 3.63) is 23.7 Å². The molecule has 13 heavy (non-hydrogen) atoms. The largest absolute Gasteiger partial charge is 0.465 e.